The molecule has 1 N–H and O–H groups in total. The highest BCUT2D eigenvalue weighted by molar-refractivity contribution is 5.95. The monoisotopic (exact) mass is 361 g/mol. The normalized spacial score (nSPS) is 32.3. The highest BCUT2D eigenvalue weighted by Gasteiger charge is 2.54. The van der Waals surface area contributed by atoms with Gasteiger partial charge < -0.3 is 5.32 Å². The molecule has 5 rings (SSSR count). The molecule has 8 heteroatoms. The van der Waals surface area contributed by atoms with E-state index < -0.39 is 11.7 Å². The zero-order valence-electron chi connectivity index (χ0n) is 13.0. The van der Waals surface area contributed by atoms with Crippen LogP contribution in [0.2, 0.25) is 0 Å². The van der Waals surface area contributed by atoms with Gasteiger partial charge in [0.15, 0.2) is 0 Å². The van der Waals surface area contributed by atoms with Gasteiger partial charge in [-0.25, -0.2) is 4.98 Å². The first-order valence-corrected chi connectivity index (χ1v) is 7.94. The smallest absolute Gasteiger partial charge is 0.314 e. The summed E-state index contributed by atoms with van der Waals surface area (Å²) in [6, 6.07) is 2.77. The quantitative estimate of drug-likeness (QED) is 0.836. The van der Waals surface area contributed by atoms with E-state index in [0.717, 1.165) is 38.1 Å². The van der Waals surface area contributed by atoms with Crippen molar-refractivity contribution in [1.82, 2.24) is 10.3 Å². The molecule has 132 valence electrons. The number of alkyl halides is 3. The molecule has 1 amide bonds. The average Bonchev–Trinajstić information content (AvgIpc) is 2.84. The molecule has 0 radical (unpaired) electrons. The van der Waals surface area contributed by atoms with Crippen molar-refractivity contribution < 1.29 is 18.0 Å². The largest absolute Gasteiger partial charge is 0.417 e. The Balaban J connectivity index is 0.00000169. The molecule has 0 aromatic carbocycles. The summed E-state index contributed by atoms with van der Waals surface area (Å²) in [6.07, 6.45) is 0.135. The van der Waals surface area contributed by atoms with Crippen LogP contribution in [0.15, 0.2) is 18.3 Å². The first-order valence-electron chi connectivity index (χ1n) is 7.94. The van der Waals surface area contributed by atoms with Crippen molar-refractivity contribution in [2.24, 2.45) is 11.3 Å². The Morgan fingerprint density at radius 2 is 2.08 bits per heavy atom. The predicted molar refractivity (Wildman–Crippen MR) is 85.0 cm³/mol. The standard InChI is InChI=1S/C16H18F3N3O.ClH/c17-16(18,19)11-2-4-13(21-8-11)22-9-15(6-14(22)23)5-12-3-1-10(15)7-20-12;/h2,4,8,10,12,20H,1,3,5-7,9H2;1H/t10?,12?,15-;/m1./s1. The molecule has 3 saturated heterocycles. The van der Waals surface area contributed by atoms with Crippen molar-refractivity contribution in [3.05, 3.63) is 23.9 Å². The van der Waals surface area contributed by atoms with Gasteiger partial charge in [-0.3, -0.25) is 9.69 Å². The van der Waals surface area contributed by atoms with Crippen LogP contribution >= 0.6 is 12.4 Å². The summed E-state index contributed by atoms with van der Waals surface area (Å²) >= 11 is 0. The molecule has 2 bridgehead atoms. The number of fused-ring (bicyclic) bond motifs is 2. The van der Waals surface area contributed by atoms with E-state index >= 15 is 0 Å². The van der Waals surface area contributed by atoms with Gasteiger partial charge in [-0.15, -0.1) is 12.4 Å². The molecule has 4 aliphatic rings. The molecule has 4 fully saturated rings. The van der Waals surface area contributed by atoms with Gasteiger partial charge in [0.1, 0.15) is 5.82 Å². The molecular formula is C16H19ClF3N3O. The summed E-state index contributed by atoms with van der Waals surface area (Å²) in [5.74, 6) is 0.773. The predicted octanol–water partition coefficient (Wildman–Crippen LogP) is 3.02. The van der Waals surface area contributed by atoms with Crippen LogP contribution in [0.5, 0.6) is 0 Å². The number of nitrogens with zero attached hydrogens (tertiary/aromatic N) is 2. The van der Waals surface area contributed by atoms with Crippen molar-refractivity contribution in [2.75, 3.05) is 18.0 Å². The number of hydrogen-bond acceptors (Lipinski definition) is 3. The minimum Gasteiger partial charge on any atom is -0.314 e. The molecule has 2 unspecified atom stereocenters. The lowest BCUT2D eigenvalue weighted by Gasteiger charge is -2.50. The van der Waals surface area contributed by atoms with Gasteiger partial charge in [0.25, 0.3) is 0 Å². The molecular weight excluding hydrogens is 343 g/mol. The Kier molecular flexibility index (Phi) is 4.28. The summed E-state index contributed by atoms with van der Waals surface area (Å²) in [4.78, 5) is 17.9. The number of pyridine rings is 1. The summed E-state index contributed by atoms with van der Waals surface area (Å²) in [6.45, 7) is 1.51. The summed E-state index contributed by atoms with van der Waals surface area (Å²) < 4.78 is 37.9. The van der Waals surface area contributed by atoms with Crippen LogP contribution in [-0.2, 0) is 11.0 Å². The van der Waals surface area contributed by atoms with E-state index in [1.165, 1.54) is 6.07 Å². The Labute approximate surface area is 144 Å². The van der Waals surface area contributed by atoms with Gasteiger partial charge in [0.05, 0.1) is 5.56 Å². The molecule has 3 atom stereocenters. The molecule has 1 aromatic heterocycles. The Hall–Kier alpha value is -1.34. The van der Waals surface area contributed by atoms with Crippen LogP contribution in [0.1, 0.15) is 31.2 Å². The van der Waals surface area contributed by atoms with Gasteiger partial charge in [-0.2, -0.15) is 13.2 Å². The van der Waals surface area contributed by atoms with Gasteiger partial charge in [-0.05, 0) is 43.9 Å². The van der Waals surface area contributed by atoms with E-state index in [0.29, 0.717) is 30.7 Å². The molecule has 4 heterocycles. The van der Waals surface area contributed by atoms with Crippen molar-refractivity contribution in [3.63, 3.8) is 0 Å². The minimum absolute atomic E-state index is 0. The van der Waals surface area contributed by atoms with Crippen LogP contribution in [0.3, 0.4) is 0 Å². The number of amides is 1. The molecule has 1 saturated carbocycles. The summed E-state index contributed by atoms with van der Waals surface area (Å²) in [5, 5.41) is 3.49. The number of anilines is 1. The number of hydrogen-bond donors (Lipinski definition) is 1. The topological polar surface area (TPSA) is 45.2 Å². The van der Waals surface area contributed by atoms with Crippen LogP contribution in [0, 0.1) is 11.3 Å². The lowest BCUT2D eigenvalue weighted by atomic mass is 9.61. The number of carbonyl (C=O) groups excluding carboxylic acids is 1. The maximum atomic E-state index is 12.6. The number of piperidine rings is 2. The number of halogens is 4. The van der Waals surface area contributed by atoms with Gasteiger partial charge >= 0.3 is 6.18 Å². The van der Waals surface area contributed by atoms with Crippen molar-refractivity contribution in [2.45, 2.75) is 37.9 Å². The second-order valence-electron chi connectivity index (χ2n) is 7.01. The van der Waals surface area contributed by atoms with Crippen LogP contribution < -0.4 is 10.2 Å². The van der Waals surface area contributed by atoms with E-state index in [2.05, 4.69) is 10.3 Å². The van der Waals surface area contributed by atoms with E-state index in [9.17, 15) is 18.0 Å². The first kappa shape index (κ1) is 17.5. The first-order chi connectivity index (χ1) is 10.9. The highest BCUT2D eigenvalue weighted by atomic mass is 35.5. The Bertz CT molecular complexity index is 628. The third-order valence-corrected chi connectivity index (χ3v) is 5.66. The fourth-order valence-electron chi connectivity index (χ4n) is 4.46. The lowest BCUT2D eigenvalue weighted by Crippen LogP contribution is -2.55. The number of nitrogens with one attached hydrogen (secondary N) is 1. The van der Waals surface area contributed by atoms with Gasteiger partial charge in [0.2, 0.25) is 5.91 Å². The number of aromatic nitrogens is 1. The van der Waals surface area contributed by atoms with Crippen molar-refractivity contribution >= 4 is 24.1 Å². The fraction of sp³-hybridized carbons (Fsp3) is 0.625. The molecule has 1 aliphatic carbocycles. The van der Waals surface area contributed by atoms with Crippen molar-refractivity contribution in [3.8, 4) is 0 Å². The summed E-state index contributed by atoms with van der Waals surface area (Å²) in [5.41, 5.74) is -0.821. The fourth-order valence-corrected chi connectivity index (χ4v) is 4.46. The SMILES string of the molecule is Cl.O=C1C[C@]2(CC3CCC2CN3)CN1c1ccc(C(F)(F)F)cn1. The highest BCUT2D eigenvalue weighted by Crippen LogP contribution is 2.51. The maximum Gasteiger partial charge on any atom is 0.417 e. The van der Waals surface area contributed by atoms with Crippen LogP contribution in [-0.4, -0.2) is 30.0 Å². The van der Waals surface area contributed by atoms with E-state index in [4.69, 9.17) is 0 Å². The minimum atomic E-state index is -4.41. The van der Waals surface area contributed by atoms with Gasteiger partial charge in [-0.1, -0.05) is 0 Å². The molecule has 24 heavy (non-hydrogen) atoms. The van der Waals surface area contributed by atoms with Crippen molar-refractivity contribution in [1.29, 1.82) is 0 Å². The number of carbonyl (C=O) groups is 1. The average molecular weight is 362 g/mol. The zero-order valence-corrected chi connectivity index (χ0v) is 13.8. The Morgan fingerprint density at radius 3 is 2.58 bits per heavy atom. The Morgan fingerprint density at radius 1 is 1.29 bits per heavy atom. The zero-order chi connectivity index (χ0) is 16.2. The second kappa shape index (κ2) is 5.88. The molecule has 1 spiro atoms. The molecule has 1 aromatic rings. The molecule has 4 nitrogen and oxygen atoms in total. The third kappa shape index (κ3) is 2.77. The third-order valence-electron chi connectivity index (χ3n) is 5.66. The van der Waals surface area contributed by atoms with Crippen LogP contribution in [0.4, 0.5) is 19.0 Å². The second-order valence-corrected chi connectivity index (χ2v) is 7.01. The van der Waals surface area contributed by atoms with Crippen LogP contribution in [0.25, 0.3) is 0 Å². The summed E-state index contributed by atoms with van der Waals surface area (Å²) in [7, 11) is 0. The number of rotatable bonds is 1. The van der Waals surface area contributed by atoms with E-state index in [1.807, 2.05) is 0 Å². The molecule has 3 aliphatic heterocycles. The maximum absolute atomic E-state index is 12.6. The van der Waals surface area contributed by atoms with Gasteiger partial charge in [0, 0.05) is 30.6 Å². The van der Waals surface area contributed by atoms with E-state index in [-0.39, 0.29) is 23.7 Å². The lowest BCUT2D eigenvalue weighted by molar-refractivity contribution is -0.137. The van der Waals surface area contributed by atoms with E-state index in [1.54, 1.807) is 4.90 Å².